The third kappa shape index (κ3) is 1.68. The molecule has 0 fully saturated rings. The Labute approximate surface area is 91.9 Å². The number of nitrogens with one attached hydrogen (secondary N) is 1. The predicted molar refractivity (Wildman–Crippen MR) is 58.2 cm³/mol. The summed E-state index contributed by atoms with van der Waals surface area (Å²) >= 11 is 5.91. The van der Waals surface area contributed by atoms with E-state index >= 15 is 0 Å². The third-order valence-electron chi connectivity index (χ3n) is 2.04. The number of pyridine rings is 1. The van der Waals surface area contributed by atoms with Gasteiger partial charge < -0.3 is 5.32 Å². The Morgan fingerprint density at radius 3 is 3.13 bits per heavy atom. The molecule has 5 heteroatoms. The number of carbonyl (C=O) groups is 1. The zero-order chi connectivity index (χ0) is 10.8. The molecule has 0 unspecified atom stereocenters. The highest BCUT2D eigenvalue weighted by atomic mass is 35.5. The van der Waals surface area contributed by atoms with Crippen molar-refractivity contribution in [1.29, 1.82) is 0 Å². The molecule has 0 aliphatic rings. The number of imidazole rings is 1. The number of rotatable bonds is 2. The van der Waals surface area contributed by atoms with Gasteiger partial charge in [0.15, 0.2) is 10.8 Å². The number of hydrogen-bond donors (Lipinski definition) is 1. The van der Waals surface area contributed by atoms with E-state index in [1.54, 1.807) is 16.7 Å². The lowest BCUT2D eigenvalue weighted by atomic mass is 10.4. The third-order valence-corrected chi connectivity index (χ3v) is 2.30. The van der Waals surface area contributed by atoms with Crippen molar-refractivity contribution in [2.75, 3.05) is 6.54 Å². The van der Waals surface area contributed by atoms with Crippen LogP contribution >= 0.6 is 11.6 Å². The van der Waals surface area contributed by atoms with E-state index in [1.807, 2.05) is 19.1 Å². The molecule has 0 radical (unpaired) electrons. The van der Waals surface area contributed by atoms with Gasteiger partial charge in [-0.05, 0) is 19.1 Å². The summed E-state index contributed by atoms with van der Waals surface area (Å²) in [4.78, 5) is 15.8. The maximum atomic E-state index is 11.7. The van der Waals surface area contributed by atoms with Crippen molar-refractivity contribution >= 4 is 23.2 Å². The van der Waals surface area contributed by atoms with Crippen LogP contribution in [0.25, 0.3) is 5.65 Å². The van der Waals surface area contributed by atoms with E-state index in [2.05, 4.69) is 10.3 Å². The van der Waals surface area contributed by atoms with Gasteiger partial charge >= 0.3 is 0 Å². The number of halogens is 1. The van der Waals surface area contributed by atoms with Crippen molar-refractivity contribution in [2.45, 2.75) is 6.92 Å². The molecule has 0 aliphatic carbocycles. The van der Waals surface area contributed by atoms with Gasteiger partial charge in [-0.1, -0.05) is 17.7 Å². The van der Waals surface area contributed by atoms with E-state index < -0.39 is 0 Å². The van der Waals surface area contributed by atoms with E-state index in [-0.39, 0.29) is 11.1 Å². The quantitative estimate of drug-likeness (QED) is 0.843. The molecule has 0 atom stereocenters. The summed E-state index contributed by atoms with van der Waals surface area (Å²) in [6, 6.07) is 5.47. The van der Waals surface area contributed by atoms with Crippen LogP contribution in [-0.2, 0) is 0 Å². The van der Waals surface area contributed by atoms with Gasteiger partial charge in [-0.15, -0.1) is 0 Å². The molecule has 4 nitrogen and oxygen atoms in total. The summed E-state index contributed by atoms with van der Waals surface area (Å²) in [5.74, 6) is -0.207. The maximum absolute atomic E-state index is 11.7. The van der Waals surface area contributed by atoms with Crippen molar-refractivity contribution in [1.82, 2.24) is 14.7 Å². The molecule has 0 bridgehead atoms. The maximum Gasteiger partial charge on any atom is 0.271 e. The molecule has 2 aromatic heterocycles. The molecule has 2 aromatic rings. The van der Waals surface area contributed by atoms with Gasteiger partial charge in [0.2, 0.25) is 0 Å². The van der Waals surface area contributed by atoms with Gasteiger partial charge in [0.1, 0.15) is 5.65 Å². The summed E-state index contributed by atoms with van der Waals surface area (Å²) in [5, 5.41) is 2.93. The highest BCUT2D eigenvalue weighted by Gasteiger charge is 2.16. The van der Waals surface area contributed by atoms with E-state index in [9.17, 15) is 4.79 Å². The van der Waals surface area contributed by atoms with Gasteiger partial charge in [-0.3, -0.25) is 9.20 Å². The Bertz CT molecular complexity index is 506. The van der Waals surface area contributed by atoms with Gasteiger partial charge in [0.25, 0.3) is 5.91 Å². The second-order valence-electron chi connectivity index (χ2n) is 3.04. The average Bonchev–Trinajstić information content (AvgIpc) is 2.54. The van der Waals surface area contributed by atoms with Crippen LogP contribution in [0.2, 0.25) is 5.15 Å². The minimum Gasteiger partial charge on any atom is -0.351 e. The Balaban J connectivity index is 2.58. The molecule has 78 valence electrons. The molecule has 0 saturated heterocycles. The molecule has 2 heterocycles. The van der Waals surface area contributed by atoms with Crippen molar-refractivity contribution in [2.24, 2.45) is 0 Å². The zero-order valence-electron chi connectivity index (χ0n) is 8.20. The molecule has 0 saturated carbocycles. The number of carbonyl (C=O) groups excluding carboxylic acids is 1. The van der Waals surface area contributed by atoms with E-state index in [0.29, 0.717) is 17.9 Å². The molecular weight excluding hydrogens is 214 g/mol. The molecule has 0 aliphatic heterocycles. The number of amides is 1. The normalized spacial score (nSPS) is 10.5. The first-order valence-electron chi connectivity index (χ1n) is 4.65. The summed E-state index contributed by atoms with van der Waals surface area (Å²) in [6.07, 6.45) is 1.76. The van der Waals surface area contributed by atoms with E-state index in [0.717, 1.165) is 0 Å². The summed E-state index contributed by atoms with van der Waals surface area (Å²) in [5.41, 5.74) is 1.05. The number of hydrogen-bond acceptors (Lipinski definition) is 2. The topological polar surface area (TPSA) is 46.4 Å². The van der Waals surface area contributed by atoms with Crippen LogP contribution in [0.1, 0.15) is 17.4 Å². The minimum atomic E-state index is -0.207. The second kappa shape index (κ2) is 3.90. The Kier molecular flexibility index (Phi) is 2.60. The highest BCUT2D eigenvalue weighted by Crippen LogP contribution is 2.17. The molecule has 0 spiro atoms. The fraction of sp³-hybridized carbons (Fsp3) is 0.200. The lowest BCUT2D eigenvalue weighted by molar-refractivity contribution is 0.0950. The van der Waals surface area contributed by atoms with Crippen molar-refractivity contribution < 1.29 is 4.79 Å². The monoisotopic (exact) mass is 223 g/mol. The SMILES string of the molecule is CCNC(=O)c1c(Cl)nc2ccccn12. The number of aromatic nitrogens is 2. The molecule has 1 N–H and O–H groups in total. The fourth-order valence-corrected chi connectivity index (χ4v) is 1.68. The van der Waals surface area contributed by atoms with Crippen LogP contribution in [0.4, 0.5) is 0 Å². The summed E-state index contributed by atoms with van der Waals surface area (Å²) < 4.78 is 1.67. The van der Waals surface area contributed by atoms with Gasteiger partial charge in [0.05, 0.1) is 0 Å². The minimum absolute atomic E-state index is 0.207. The largest absolute Gasteiger partial charge is 0.351 e. The average molecular weight is 224 g/mol. The smallest absolute Gasteiger partial charge is 0.271 e. The van der Waals surface area contributed by atoms with Crippen molar-refractivity contribution in [3.05, 3.63) is 35.2 Å². The number of nitrogens with zero attached hydrogens (tertiary/aromatic N) is 2. The van der Waals surface area contributed by atoms with E-state index in [1.165, 1.54) is 0 Å². The lowest BCUT2D eigenvalue weighted by Crippen LogP contribution is -2.24. The Morgan fingerprint density at radius 1 is 1.60 bits per heavy atom. The van der Waals surface area contributed by atoms with Gasteiger partial charge in [-0.25, -0.2) is 4.98 Å². The summed E-state index contributed by atoms with van der Waals surface area (Å²) in [7, 11) is 0. The lowest BCUT2D eigenvalue weighted by Gasteiger charge is -2.01. The molecule has 1 amide bonds. The van der Waals surface area contributed by atoms with Crippen LogP contribution in [0.3, 0.4) is 0 Å². The van der Waals surface area contributed by atoms with Crippen molar-refractivity contribution in [3.8, 4) is 0 Å². The van der Waals surface area contributed by atoms with Gasteiger partial charge in [-0.2, -0.15) is 0 Å². The molecule has 2 rings (SSSR count). The van der Waals surface area contributed by atoms with Crippen LogP contribution in [0.5, 0.6) is 0 Å². The fourth-order valence-electron chi connectivity index (χ4n) is 1.41. The first kappa shape index (κ1) is 9.98. The predicted octanol–water partition coefficient (Wildman–Crippen LogP) is 1.74. The standard InChI is InChI=1S/C10H10ClN3O/c1-2-12-10(15)8-9(11)13-7-5-3-4-6-14(7)8/h3-6H,2H2,1H3,(H,12,15). The molecule has 15 heavy (non-hydrogen) atoms. The van der Waals surface area contributed by atoms with Crippen LogP contribution in [0, 0.1) is 0 Å². The second-order valence-corrected chi connectivity index (χ2v) is 3.40. The Hall–Kier alpha value is -1.55. The van der Waals surface area contributed by atoms with Crippen LogP contribution in [0.15, 0.2) is 24.4 Å². The van der Waals surface area contributed by atoms with E-state index in [4.69, 9.17) is 11.6 Å². The first-order valence-corrected chi connectivity index (χ1v) is 5.02. The highest BCUT2D eigenvalue weighted by molar-refractivity contribution is 6.32. The summed E-state index contributed by atoms with van der Waals surface area (Å²) in [6.45, 7) is 2.42. The number of fused-ring (bicyclic) bond motifs is 1. The van der Waals surface area contributed by atoms with Crippen molar-refractivity contribution in [3.63, 3.8) is 0 Å². The van der Waals surface area contributed by atoms with Crippen LogP contribution in [-0.4, -0.2) is 21.8 Å². The van der Waals surface area contributed by atoms with Gasteiger partial charge in [0, 0.05) is 12.7 Å². The van der Waals surface area contributed by atoms with Crippen LogP contribution < -0.4 is 5.32 Å². The molecular formula is C10H10ClN3O. The Morgan fingerprint density at radius 2 is 2.40 bits per heavy atom. The molecule has 0 aromatic carbocycles. The zero-order valence-corrected chi connectivity index (χ0v) is 8.95. The first-order chi connectivity index (χ1) is 7.24.